The van der Waals surface area contributed by atoms with Gasteiger partial charge in [-0.2, -0.15) is 0 Å². The van der Waals surface area contributed by atoms with Gasteiger partial charge in [0.1, 0.15) is 17.2 Å². The van der Waals surface area contributed by atoms with Gasteiger partial charge in [-0.3, -0.25) is 4.79 Å². The second-order valence-electron chi connectivity index (χ2n) is 8.28. The quantitative estimate of drug-likeness (QED) is 0.367. The average Bonchev–Trinajstić information content (AvgIpc) is 3.44. The summed E-state index contributed by atoms with van der Waals surface area (Å²) in [6.07, 6.45) is 2.39. The number of anilines is 2. The summed E-state index contributed by atoms with van der Waals surface area (Å²) in [4.78, 5) is 14.7. The molecule has 1 aliphatic heterocycles. The fraction of sp³-hybridized carbons (Fsp3) is 0.179. The van der Waals surface area contributed by atoms with Crippen molar-refractivity contribution in [3.05, 3.63) is 91.0 Å². The highest BCUT2D eigenvalue weighted by Gasteiger charge is 2.14. The van der Waals surface area contributed by atoms with E-state index in [4.69, 9.17) is 9.47 Å². The molecule has 1 aliphatic rings. The van der Waals surface area contributed by atoms with Gasteiger partial charge in [0, 0.05) is 24.3 Å². The highest BCUT2D eigenvalue weighted by Crippen LogP contribution is 2.25. The summed E-state index contributed by atoms with van der Waals surface area (Å²) in [5.74, 6) is 2.70. The van der Waals surface area contributed by atoms with Gasteiger partial charge in [0.25, 0.3) is 5.91 Å². The van der Waals surface area contributed by atoms with E-state index in [9.17, 15) is 4.79 Å². The van der Waals surface area contributed by atoms with E-state index in [0.717, 1.165) is 35.9 Å². The van der Waals surface area contributed by atoms with Crippen molar-refractivity contribution in [1.29, 1.82) is 0 Å². The van der Waals surface area contributed by atoms with E-state index in [1.54, 1.807) is 24.3 Å². The molecule has 1 saturated heterocycles. The minimum atomic E-state index is -0.248. The lowest BCUT2D eigenvalue weighted by Gasteiger charge is -2.15. The molecule has 1 amide bonds. The zero-order valence-corrected chi connectivity index (χ0v) is 19.3. The van der Waals surface area contributed by atoms with Gasteiger partial charge in [-0.05, 0) is 73.5 Å². The molecular weight excluding hydrogens is 440 g/mol. The molecule has 1 fully saturated rings. The molecule has 4 aromatic rings. The first-order chi connectivity index (χ1) is 17.2. The van der Waals surface area contributed by atoms with E-state index in [1.807, 2.05) is 66.7 Å². The summed E-state index contributed by atoms with van der Waals surface area (Å²) in [5, 5.41) is 11.6. The number of nitrogens with one attached hydrogen (secondary N) is 1. The van der Waals surface area contributed by atoms with Gasteiger partial charge in [-0.25, -0.2) is 0 Å². The molecule has 1 aromatic heterocycles. The summed E-state index contributed by atoms with van der Waals surface area (Å²) in [5.41, 5.74) is 2.32. The number of hydrogen-bond donors (Lipinski definition) is 1. The smallest absolute Gasteiger partial charge is 0.262 e. The predicted octanol–water partition coefficient (Wildman–Crippen LogP) is 5.55. The molecule has 0 spiro atoms. The second-order valence-corrected chi connectivity index (χ2v) is 8.28. The number of amides is 1. The van der Waals surface area contributed by atoms with Gasteiger partial charge in [0.15, 0.2) is 12.4 Å². The number of para-hydroxylation sites is 1. The van der Waals surface area contributed by atoms with Crippen LogP contribution in [0.1, 0.15) is 12.8 Å². The molecule has 0 atom stereocenters. The molecule has 0 bridgehead atoms. The molecule has 176 valence electrons. The lowest BCUT2D eigenvalue weighted by atomic mass is 10.1. The van der Waals surface area contributed by atoms with Crippen molar-refractivity contribution in [3.63, 3.8) is 0 Å². The topological polar surface area (TPSA) is 76.6 Å². The van der Waals surface area contributed by atoms with E-state index < -0.39 is 0 Å². The lowest BCUT2D eigenvalue weighted by Crippen LogP contribution is -2.20. The van der Waals surface area contributed by atoms with Crippen molar-refractivity contribution in [3.8, 4) is 28.5 Å². The van der Waals surface area contributed by atoms with E-state index >= 15 is 0 Å². The average molecular weight is 467 g/mol. The Bertz CT molecular complexity index is 1260. The third-order valence-corrected chi connectivity index (χ3v) is 5.70. The van der Waals surface area contributed by atoms with Crippen molar-refractivity contribution in [2.75, 3.05) is 29.9 Å². The van der Waals surface area contributed by atoms with Gasteiger partial charge >= 0.3 is 0 Å². The Morgan fingerprint density at radius 2 is 1.54 bits per heavy atom. The van der Waals surface area contributed by atoms with Crippen molar-refractivity contribution < 1.29 is 14.3 Å². The Morgan fingerprint density at radius 1 is 0.800 bits per heavy atom. The van der Waals surface area contributed by atoms with Crippen LogP contribution in [-0.4, -0.2) is 35.8 Å². The number of aromatic nitrogens is 2. The maximum Gasteiger partial charge on any atom is 0.262 e. The fourth-order valence-electron chi connectivity index (χ4n) is 3.92. The molecule has 2 heterocycles. The van der Waals surface area contributed by atoms with Crippen LogP contribution >= 0.6 is 0 Å². The van der Waals surface area contributed by atoms with E-state index in [1.165, 1.54) is 12.8 Å². The third kappa shape index (κ3) is 5.95. The molecule has 0 aliphatic carbocycles. The summed E-state index contributed by atoms with van der Waals surface area (Å²) >= 11 is 0. The van der Waals surface area contributed by atoms with Crippen LogP contribution in [0.4, 0.5) is 11.5 Å². The Morgan fingerprint density at radius 3 is 2.29 bits per heavy atom. The number of nitrogens with zero attached hydrogens (tertiary/aromatic N) is 3. The number of rotatable bonds is 8. The van der Waals surface area contributed by atoms with Crippen molar-refractivity contribution in [2.45, 2.75) is 12.8 Å². The maximum atomic E-state index is 12.4. The van der Waals surface area contributed by atoms with Gasteiger partial charge < -0.3 is 19.7 Å². The minimum absolute atomic E-state index is 0.104. The van der Waals surface area contributed by atoms with Crippen LogP contribution in [0.25, 0.3) is 11.3 Å². The summed E-state index contributed by atoms with van der Waals surface area (Å²) in [7, 11) is 0. The van der Waals surface area contributed by atoms with Crippen molar-refractivity contribution in [1.82, 2.24) is 10.2 Å². The van der Waals surface area contributed by atoms with Crippen LogP contribution in [0.3, 0.4) is 0 Å². The Hall–Kier alpha value is -4.39. The Kier molecular flexibility index (Phi) is 6.84. The molecule has 5 rings (SSSR count). The minimum Gasteiger partial charge on any atom is -0.484 e. The highest BCUT2D eigenvalue weighted by molar-refractivity contribution is 5.92. The van der Waals surface area contributed by atoms with Crippen molar-refractivity contribution in [2.24, 2.45) is 0 Å². The first kappa shape index (κ1) is 22.4. The molecule has 0 saturated carbocycles. The fourth-order valence-corrected chi connectivity index (χ4v) is 3.92. The predicted molar refractivity (Wildman–Crippen MR) is 136 cm³/mol. The Labute approximate surface area is 204 Å². The molecule has 3 aromatic carbocycles. The van der Waals surface area contributed by atoms with Crippen LogP contribution in [0.5, 0.6) is 17.2 Å². The first-order valence-corrected chi connectivity index (χ1v) is 11.7. The van der Waals surface area contributed by atoms with Gasteiger partial charge in [0.2, 0.25) is 0 Å². The van der Waals surface area contributed by atoms with Gasteiger partial charge in [0.05, 0.1) is 5.69 Å². The van der Waals surface area contributed by atoms with Crippen LogP contribution in [-0.2, 0) is 4.79 Å². The number of carbonyl (C=O) groups excluding carboxylic acids is 1. The third-order valence-electron chi connectivity index (χ3n) is 5.70. The van der Waals surface area contributed by atoms with Crippen molar-refractivity contribution >= 4 is 17.4 Å². The zero-order chi connectivity index (χ0) is 23.9. The number of benzene rings is 3. The summed E-state index contributed by atoms with van der Waals surface area (Å²) in [6.45, 7) is 1.96. The highest BCUT2D eigenvalue weighted by atomic mass is 16.5. The van der Waals surface area contributed by atoms with Crippen LogP contribution < -0.4 is 19.7 Å². The molecule has 0 radical (unpaired) electrons. The second kappa shape index (κ2) is 10.7. The van der Waals surface area contributed by atoms with Crippen LogP contribution in [0, 0.1) is 0 Å². The molecule has 7 heteroatoms. The van der Waals surface area contributed by atoms with Crippen LogP contribution in [0.15, 0.2) is 91.0 Å². The van der Waals surface area contributed by atoms with Crippen LogP contribution in [0.2, 0.25) is 0 Å². The largest absolute Gasteiger partial charge is 0.484 e. The number of ether oxygens (including phenoxy) is 2. The van der Waals surface area contributed by atoms with E-state index in [-0.39, 0.29) is 12.5 Å². The van der Waals surface area contributed by atoms with Gasteiger partial charge in [-0.15, -0.1) is 10.2 Å². The molecule has 7 nitrogen and oxygen atoms in total. The first-order valence-electron chi connectivity index (χ1n) is 11.7. The molecule has 1 N–H and O–H groups in total. The standard InChI is InChI=1S/C28H26N4O3/c33-28(20-34-23-11-13-25(14-12-23)35-24-9-2-1-3-10-24)29-22-8-6-7-21(19-22)26-15-16-27(31-30-26)32-17-4-5-18-32/h1-3,6-16,19H,4-5,17-18,20H2,(H,29,33). The van der Waals surface area contributed by atoms with E-state index in [0.29, 0.717) is 17.2 Å². The monoisotopic (exact) mass is 466 g/mol. The zero-order valence-electron chi connectivity index (χ0n) is 19.3. The Balaban J connectivity index is 1.14. The van der Waals surface area contributed by atoms with E-state index in [2.05, 4.69) is 20.4 Å². The lowest BCUT2D eigenvalue weighted by molar-refractivity contribution is -0.118. The number of hydrogen-bond acceptors (Lipinski definition) is 6. The molecule has 0 unspecified atom stereocenters. The molecule has 35 heavy (non-hydrogen) atoms. The number of carbonyl (C=O) groups is 1. The van der Waals surface area contributed by atoms with Gasteiger partial charge in [-0.1, -0.05) is 30.3 Å². The maximum absolute atomic E-state index is 12.4. The summed E-state index contributed by atoms with van der Waals surface area (Å²) < 4.78 is 11.4. The molecular formula is C28H26N4O3. The SMILES string of the molecule is O=C(COc1ccc(Oc2ccccc2)cc1)Nc1cccc(-c2ccc(N3CCCC3)nn2)c1. The summed E-state index contributed by atoms with van der Waals surface area (Å²) in [6, 6.07) is 28.2. The normalized spacial score (nSPS) is 12.9.